The van der Waals surface area contributed by atoms with Gasteiger partial charge in [0, 0.05) is 43.8 Å². The number of phenols is 1. The van der Waals surface area contributed by atoms with Crippen LogP contribution in [0.4, 0.5) is 22.7 Å². The van der Waals surface area contributed by atoms with E-state index < -0.39 is 27.0 Å². The van der Waals surface area contributed by atoms with Gasteiger partial charge >= 0.3 is 11.9 Å². The van der Waals surface area contributed by atoms with E-state index in [4.69, 9.17) is 5.26 Å². The number of azo groups is 2. The van der Waals surface area contributed by atoms with Crippen molar-refractivity contribution in [1.82, 2.24) is 0 Å². The quantitative estimate of drug-likeness (QED) is 0.0230. The van der Waals surface area contributed by atoms with Crippen molar-refractivity contribution in [1.29, 1.82) is 0 Å². The summed E-state index contributed by atoms with van der Waals surface area (Å²) in [4.78, 5) is 22.5. The third-order valence-corrected chi connectivity index (χ3v) is 7.87. The Kier molecular flexibility index (Phi) is 11.2. The zero-order valence-electron chi connectivity index (χ0n) is 23.7. The molecular weight excluding hydrogens is 733 g/mol. The Balaban J connectivity index is 0.00000500. The minimum atomic E-state index is -4.71. The van der Waals surface area contributed by atoms with E-state index in [-0.39, 0.29) is 88.0 Å². The van der Waals surface area contributed by atoms with E-state index in [2.05, 4.69) is 35.9 Å². The van der Waals surface area contributed by atoms with Crippen molar-refractivity contribution < 1.29 is 85.2 Å². The second-order valence-corrected chi connectivity index (χ2v) is 11.6. The van der Waals surface area contributed by atoms with Crippen LogP contribution in [0.5, 0.6) is 5.75 Å². The first-order valence-corrected chi connectivity index (χ1v) is 14.9. The molecule has 15 nitrogen and oxygen atoms in total. The van der Waals surface area contributed by atoms with Crippen LogP contribution >= 0.6 is 12.0 Å². The molecule has 0 fully saturated rings. The number of rotatable bonds is 10. The zero-order chi connectivity index (χ0) is 33.2. The molecule has 0 aromatic heterocycles. The fourth-order valence-electron chi connectivity index (χ4n) is 4.35. The van der Waals surface area contributed by atoms with E-state index in [0.717, 1.165) is 29.8 Å². The molecule has 0 unspecified atom stereocenters. The van der Waals surface area contributed by atoms with Gasteiger partial charge in [-0.1, -0.05) is 33.5 Å². The summed E-state index contributed by atoms with van der Waals surface area (Å²) >= 11 is 0.533. The molecule has 5 aromatic carbocycles. The van der Waals surface area contributed by atoms with E-state index in [1.165, 1.54) is 18.2 Å². The van der Waals surface area contributed by atoms with Crippen molar-refractivity contribution in [3.05, 3.63) is 89.5 Å². The summed E-state index contributed by atoms with van der Waals surface area (Å²) in [5.74, 6) is -3.03. The van der Waals surface area contributed by atoms with Gasteiger partial charge < -0.3 is 15.3 Å². The van der Waals surface area contributed by atoms with Crippen LogP contribution in [0, 0.1) is 13.0 Å². The maximum atomic E-state index is 11.9. The molecule has 18 heteroatoms. The third-order valence-electron chi connectivity index (χ3n) is 6.46. The van der Waals surface area contributed by atoms with Gasteiger partial charge in [-0.25, -0.2) is 14.8 Å². The molecule has 5 rings (SSSR count). The molecule has 0 amide bonds. The Hall–Kier alpha value is -4.20. The van der Waals surface area contributed by atoms with Crippen LogP contribution in [0.2, 0.25) is 0 Å². The maximum Gasteiger partial charge on any atom is 0.335 e. The van der Waals surface area contributed by atoms with Gasteiger partial charge in [-0.2, -0.15) is 35.9 Å². The number of aromatic hydroxyl groups is 1. The number of nitrogens with zero attached hydrogens (tertiary/aromatic N) is 4. The molecule has 0 aliphatic carbocycles. The molecule has 1 radical (unpaired) electrons. The van der Waals surface area contributed by atoms with Crippen LogP contribution < -0.4 is 0 Å². The van der Waals surface area contributed by atoms with Crippen LogP contribution in [-0.2, 0) is 52.2 Å². The maximum absolute atomic E-state index is 11.9. The van der Waals surface area contributed by atoms with Gasteiger partial charge in [-0.3, -0.25) is 4.55 Å². The molecule has 0 atom stereocenters. The number of carboxylic acids is 2. The van der Waals surface area contributed by atoms with Crippen LogP contribution in [0.3, 0.4) is 0 Å². The zero-order valence-corrected chi connectivity index (χ0v) is 28.2. The number of aromatic carboxylic acids is 2. The average Bonchev–Trinajstić information content (AvgIpc) is 3.02. The molecular formula is C29H19N4O11S2Y-. The Bertz CT molecular complexity index is 2200. The first-order chi connectivity index (χ1) is 21.8. The number of fused-ring (bicyclic) bond motifs is 2. The van der Waals surface area contributed by atoms with Crippen molar-refractivity contribution >= 4 is 78.4 Å². The van der Waals surface area contributed by atoms with Gasteiger partial charge in [-0.15, -0.1) is 15.5 Å². The predicted molar refractivity (Wildman–Crippen MR) is 162 cm³/mol. The van der Waals surface area contributed by atoms with E-state index in [1.807, 2.05) is 13.0 Å². The van der Waals surface area contributed by atoms with Gasteiger partial charge in [-0.05, 0) is 59.7 Å². The number of aryl methyl sites for hydroxylation is 1. The van der Waals surface area contributed by atoms with E-state index in [9.17, 15) is 37.9 Å². The smallest absolute Gasteiger partial charge is 0.335 e. The summed E-state index contributed by atoms with van der Waals surface area (Å²) in [6.45, 7) is 1.83. The summed E-state index contributed by atoms with van der Waals surface area (Å²) in [5, 5.41) is 59.9. The molecule has 0 aliphatic rings. The summed E-state index contributed by atoms with van der Waals surface area (Å²) in [5.41, 5.74) is 0.171. The van der Waals surface area contributed by atoms with E-state index in [1.54, 1.807) is 18.2 Å². The summed E-state index contributed by atoms with van der Waals surface area (Å²) in [7, 11) is -4.71. The molecule has 0 saturated heterocycles. The first-order valence-electron chi connectivity index (χ1n) is 12.7. The molecule has 0 saturated carbocycles. The van der Waals surface area contributed by atoms with Crippen molar-refractivity contribution in [2.45, 2.75) is 16.7 Å². The van der Waals surface area contributed by atoms with Gasteiger partial charge in [0.25, 0.3) is 10.1 Å². The van der Waals surface area contributed by atoms with Crippen LogP contribution in [-0.4, -0.2) is 45.5 Å². The first kappa shape index (κ1) is 35.7. The number of benzene rings is 5. The second kappa shape index (κ2) is 14.7. The predicted octanol–water partition coefficient (Wildman–Crippen LogP) is 7.71. The summed E-state index contributed by atoms with van der Waals surface area (Å²) < 4.78 is 38.1. The van der Waals surface area contributed by atoms with Crippen molar-refractivity contribution in [2.24, 2.45) is 20.5 Å². The molecule has 237 valence electrons. The number of carboxylic acid groups (broad SMARTS) is 2. The number of hydrogen-bond donors (Lipinski definition) is 5. The molecule has 0 heterocycles. The number of hydrogen-bond acceptors (Lipinski definition) is 13. The Morgan fingerprint density at radius 2 is 1.47 bits per heavy atom. The van der Waals surface area contributed by atoms with Crippen LogP contribution in [0.15, 0.2) is 97.0 Å². The van der Waals surface area contributed by atoms with Crippen LogP contribution in [0.1, 0.15) is 26.3 Å². The molecule has 0 bridgehead atoms. The standard InChI is InChI=1S/C29H19N4O11S2.Y/c1-14-2-3-15-12-25(45-44-43-39)26(27(34)21(15)8-14)33-32-24-7-6-23(20-5-4-19(13-22(20)24)46(40,41)42)31-30-18-10-16(28(35)36)9-17(11-18)29(37)38;/h2-3,5-13,34,39H,1H3,(H,35,36)(H,37,38)(H,40,41,42);/q-1;. The molecule has 47 heavy (non-hydrogen) atoms. The van der Waals surface area contributed by atoms with Crippen molar-refractivity contribution in [2.75, 3.05) is 0 Å². The SMILES string of the molecule is Cc1ccc2cc(SOOO)c(N=Nc3ccc(N=Nc4cc(C(=O)O)cc(C(=O)O)c4)c4c[c-]c(S(=O)(=O)O)cc34)c(O)c2c1.[Y]. The van der Waals surface area contributed by atoms with Gasteiger partial charge in [0.2, 0.25) is 0 Å². The fraction of sp³-hybridized carbons (Fsp3) is 0.0345. The summed E-state index contributed by atoms with van der Waals surface area (Å²) in [6.07, 6.45) is 0. The number of phenolic OH excluding ortho intramolecular Hbond substituents is 1. The van der Waals surface area contributed by atoms with Crippen molar-refractivity contribution in [3.8, 4) is 5.75 Å². The monoisotopic (exact) mass is 752 g/mol. The molecule has 0 aliphatic heterocycles. The minimum Gasteiger partial charge on any atom is -0.505 e. The fourth-order valence-corrected chi connectivity index (χ4v) is 5.32. The third kappa shape index (κ3) is 8.03. The topological polar surface area (TPSA) is 237 Å². The molecule has 5 N–H and O–H groups in total. The van der Waals surface area contributed by atoms with E-state index >= 15 is 0 Å². The number of carbonyl (C=O) groups is 2. The van der Waals surface area contributed by atoms with Gasteiger partial charge in [0.1, 0.15) is 5.69 Å². The summed E-state index contributed by atoms with van der Waals surface area (Å²) in [6, 6.07) is 17.6. The van der Waals surface area contributed by atoms with E-state index in [0.29, 0.717) is 22.8 Å². The second-order valence-electron chi connectivity index (χ2n) is 9.50. The average molecular weight is 753 g/mol. The minimum absolute atomic E-state index is 0. The Morgan fingerprint density at radius 3 is 2.09 bits per heavy atom. The normalized spacial score (nSPS) is 11.8. The van der Waals surface area contributed by atoms with Crippen molar-refractivity contribution in [3.63, 3.8) is 0 Å². The largest absolute Gasteiger partial charge is 0.505 e. The van der Waals surface area contributed by atoms with Gasteiger partial charge in [0.05, 0.1) is 39.4 Å². The van der Waals surface area contributed by atoms with Crippen LogP contribution in [0.25, 0.3) is 21.5 Å². The van der Waals surface area contributed by atoms with Gasteiger partial charge in [0.15, 0.2) is 5.75 Å². The Labute approximate surface area is 294 Å². The molecule has 0 spiro atoms. The Morgan fingerprint density at radius 1 is 0.830 bits per heavy atom. The molecule has 5 aromatic rings.